The van der Waals surface area contributed by atoms with E-state index in [0.717, 1.165) is 44.9 Å². The number of carbonyl (C=O) groups is 2. The number of hydrogen-bond acceptors (Lipinski definition) is 9. The molecule has 0 aliphatic rings. The van der Waals surface area contributed by atoms with E-state index < -0.39 is 51.8 Å². The van der Waals surface area contributed by atoms with E-state index in [0.29, 0.717) is 12.8 Å². The first-order chi connectivity index (χ1) is 25.2. The van der Waals surface area contributed by atoms with Crippen LogP contribution in [0, 0.1) is 0 Å². The molecule has 3 N–H and O–H groups in total. The van der Waals surface area contributed by atoms with Crippen molar-refractivity contribution in [3.05, 3.63) is 12.2 Å². The number of allylic oxidation sites excluding steroid dienone is 2. The number of rotatable bonds is 40. The Balaban J connectivity index is 4.06. The third-order valence-electron chi connectivity index (χ3n) is 9.17. The molecule has 0 spiro atoms. The van der Waals surface area contributed by atoms with E-state index in [2.05, 4.69) is 30.5 Å². The van der Waals surface area contributed by atoms with Crippen LogP contribution in [0.3, 0.4) is 0 Å². The number of aliphatic hydroxyl groups excluding tert-OH is 2. The Bertz CT molecular complexity index is 884. The normalized spacial score (nSPS) is 14.0. The van der Waals surface area contributed by atoms with Crippen molar-refractivity contribution in [1.82, 2.24) is 0 Å². The molecule has 0 aromatic carbocycles. The van der Waals surface area contributed by atoms with Crippen molar-refractivity contribution < 1.29 is 47.8 Å². The van der Waals surface area contributed by atoms with E-state index in [9.17, 15) is 24.2 Å². The van der Waals surface area contributed by atoms with Crippen molar-refractivity contribution in [2.24, 2.45) is 0 Å². The van der Waals surface area contributed by atoms with E-state index in [-0.39, 0.29) is 19.4 Å². The van der Waals surface area contributed by atoms with Gasteiger partial charge < -0.3 is 24.6 Å². The maximum atomic E-state index is 12.5. The lowest BCUT2D eigenvalue weighted by molar-refractivity contribution is -0.161. The minimum Gasteiger partial charge on any atom is -0.462 e. The van der Waals surface area contributed by atoms with Gasteiger partial charge in [-0.1, -0.05) is 161 Å². The number of aliphatic hydroxyl groups is 2. The van der Waals surface area contributed by atoms with Crippen LogP contribution < -0.4 is 0 Å². The molecular formula is C41H79O10P. The molecule has 0 bridgehead atoms. The second kappa shape index (κ2) is 38.0. The van der Waals surface area contributed by atoms with E-state index in [1.165, 1.54) is 116 Å². The smallest absolute Gasteiger partial charge is 0.462 e. The maximum absolute atomic E-state index is 12.5. The van der Waals surface area contributed by atoms with Crippen LogP contribution in [0.2, 0.25) is 0 Å². The Morgan fingerprint density at radius 3 is 1.38 bits per heavy atom. The molecule has 0 aliphatic heterocycles. The molecule has 3 atom stereocenters. The second-order valence-electron chi connectivity index (χ2n) is 14.4. The number of ether oxygens (including phenoxy) is 2. The highest BCUT2D eigenvalue weighted by Gasteiger charge is 2.27. The van der Waals surface area contributed by atoms with Crippen LogP contribution in [0.25, 0.3) is 0 Å². The third kappa shape index (κ3) is 37.0. The molecule has 308 valence electrons. The average Bonchev–Trinajstić information content (AvgIpc) is 3.13. The number of unbranched alkanes of at least 4 members (excludes halogenated alkanes) is 24. The van der Waals surface area contributed by atoms with Gasteiger partial charge in [-0.05, 0) is 38.5 Å². The fourth-order valence-corrected chi connectivity index (χ4v) is 6.66. The molecule has 0 radical (unpaired) electrons. The van der Waals surface area contributed by atoms with Crippen LogP contribution in [0.1, 0.15) is 200 Å². The van der Waals surface area contributed by atoms with Crippen LogP contribution in [-0.2, 0) is 32.7 Å². The lowest BCUT2D eigenvalue weighted by atomic mass is 10.0. The molecule has 10 nitrogen and oxygen atoms in total. The average molecular weight is 763 g/mol. The molecule has 3 unspecified atom stereocenters. The van der Waals surface area contributed by atoms with Crippen molar-refractivity contribution in [3.63, 3.8) is 0 Å². The summed E-state index contributed by atoms with van der Waals surface area (Å²) in [7, 11) is -4.60. The number of hydrogen-bond donors (Lipinski definition) is 3. The zero-order valence-electron chi connectivity index (χ0n) is 33.3. The first kappa shape index (κ1) is 50.7. The van der Waals surface area contributed by atoms with E-state index in [1.54, 1.807) is 0 Å². The minimum absolute atomic E-state index is 0.187. The van der Waals surface area contributed by atoms with Gasteiger partial charge >= 0.3 is 19.8 Å². The van der Waals surface area contributed by atoms with Gasteiger partial charge in [-0.15, -0.1) is 0 Å². The third-order valence-corrected chi connectivity index (χ3v) is 10.1. The molecule has 11 heteroatoms. The number of carbonyl (C=O) groups excluding carboxylic acids is 2. The molecular weight excluding hydrogens is 683 g/mol. The Kier molecular flexibility index (Phi) is 37.1. The van der Waals surface area contributed by atoms with Crippen molar-refractivity contribution >= 4 is 19.8 Å². The second-order valence-corrected chi connectivity index (χ2v) is 15.8. The SMILES string of the molecule is CCCCCCCCCC/C=C\CCCCCCCCCCCCCC(=O)OC(COC(=O)CCCCCCCC)COP(=O)(O)OCC(O)CO. The fraction of sp³-hybridized carbons (Fsp3) is 0.902. The minimum atomic E-state index is -4.60. The first-order valence-electron chi connectivity index (χ1n) is 21.1. The molecule has 0 aliphatic carbocycles. The summed E-state index contributed by atoms with van der Waals surface area (Å²) in [6.07, 6.45) is 35.1. The summed E-state index contributed by atoms with van der Waals surface area (Å²) in [5.41, 5.74) is 0. The predicted molar refractivity (Wildman–Crippen MR) is 210 cm³/mol. The van der Waals surface area contributed by atoms with Gasteiger partial charge in [0, 0.05) is 12.8 Å². The molecule has 0 saturated heterocycles. The molecule has 0 amide bonds. The summed E-state index contributed by atoms with van der Waals surface area (Å²) < 4.78 is 32.5. The largest absolute Gasteiger partial charge is 0.472 e. The molecule has 0 aromatic heterocycles. The Morgan fingerprint density at radius 1 is 0.558 bits per heavy atom. The van der Waals surface area contributed by atoms with Crippen LogP contribution in [0.4, 0.5) is 0 Å². The summed E-state index contributed by atoms with van der Waals surface area (Å²) in [5.74, 6) is -0.928. The van der Waals surface area contributed by atoms with Crippen LogP contribution in [0.5, 0.6) is 0 Å². The summed E-state index contributed by atoms with van der Waals surface area (Å²) in [6.45, 7) is 2.32. The lowest BCUT2D eigenvalue weighted by Gasteiger charge is -2.20. The van der Waals surface area contributed by atoms with Gasteiger partial charge in [0.05, 0.1) is 19.8 Å². The van der Waals surface area contributed by atoms with Crippen LogP contribution >= 0.6 is 7.82 Å². The number of phosphoric acid groups is 1. The predicted octanol–water partition coefficient (Wildman–Crippen LogP) is 10.8. The van der Waals surface area contributed by atoms with Crippen molar-refractivity contribution in [3.8, 4) is 0 Å². The summed E-state index contributed by atoms with van der Waals surface area (Å²) in [5, 5.41) is 18.2. The van der Waals surface area contributed by atoms with Gasteiger partial charge in [0.1, 0.15) is 12.7 Å². The Morgan fingerprint density at radius 2 is 0.942 bits per heavy atom. The Hall–Kier alpha value is -1.29. The van der Waals surface area contributed by atoms with Crippen LogP contribution in [0.15, 0.2) is 12.2 Å². The first-order valence-corrected chi connectivity index (χ1v) is 22.6. The molecule has 0 aromatic rings. The summed E-state index contributed by atoms with van der Waals surface area (Å²) in [4.78, 5) is 34.7. The number of phosphoric ester groups is 1. The summed E-state index contributed by atoms with van der Waals surface area (Å²) >= 11 is 0. The summed E-state index contributed by atoms with van der Waals surface area (Å²) in [6, 6.07) is 0. The van der Waals surface area contributed by atoms with Gasteiger partial charge in [0.25, 0.3) is 0 Å². The molecule has 0 rings (SSSR count). The van der Waals surface area contributed by atoms with Gasteiger partial charge in [0.2, 0.25) is 0 Å². The number of esters is 2. The zero-order chi connectivity index (χ0) is 38.4. The molecule has 0 heterocycles. The monoisotopic (exact) mass is 763 g/mol. The van der Waals surface area contributed by atoms with E-state index in [1.807, 2.05) is 0 Å². The highest BCUT2D eigenvalue weighted by atomic mass is 31.2. The van der Waals surface area contributed by atoms with Crippen LogP contribution in [-0.4, -0.2) is 65.7 Å². The molecule has 52 heavy (non-hydrogen) atoms. The van der Waals surface area contributed by atoms with Gasteiger partial charge in [-0.25, -0.2) is 4.57 Å². The van der Waals surface area contributed by atoms with Crippen molar-refractivity contribution in [2.45, 2.75) is 212 Å². The topological polar surface area (TPSA) is 149 Å². The lowest BCUT2D eigenvalue weighted by Crippen LogP contribution is -2.29. The molecule has 0 saturated carbocycles. The molecule has 0 fully saturated rings. The standard InChI is InChI=1S/C41H79O10P/c1-3-5-7-9-11-12-13-14-15-16-17-18-19-20-21-22-23-24-25-26-27-29-31-33-41(45)51-39(37-50-52(46,47)49-35-38(43)34-42)36-48-40(44)32-30-28-10-8-6-4-2/h16-17,38-39,42-43H,3-15,18-37H2,1-2H3,(H,46,47)/b17-16-. The highest BCUT2D eigenvalue weighted by Crippen LogP contribution is 2.43. The quantitative estimate of drug-likeness (QED) is 0.0238. The van der Waals surface area contributed by atoms with Gasteiger partial charge in [-0.3, -0.25) is 18.6 Å². The fourth-order valence-electron chi connectivity index (χ4n) is 5.87. The van der Waals surface area contributed by atoms with Crippen molar-refractivity contribution in [2.75, 3.05) is 26.4 Å². The van der Waals surface area contributed by atoms with Gasteiger partial charge in [-0.2, -0.15) is 0 Å². The van der Waals surface area contributed by atoms with E-state index in [4.69, 9.17) is 19.1 Å². The van der Waals surface area contributed by atoms with E-state index >= 15 is 0 Å². The van der Waals surface area contributed by atoms with Gasteiger partial charge in [0.15, 0.2) is 6.10 Å². The highest BCUT2D eigenvalue weighted by molar-refractivity contribution is 7.47. The maximum Gasteiger partial charge on any atom is 0.472 e. The van der Waals surface area contributed by atoms with Crippen molar-refractivity contribution in [1.29, 1.82) is 0 Å². The zero-order valence-corrected chi connectivity index (χ0v) is 34.2. The Labute approximate surface area is 317 Å².